The Bertz CT molecular complexity index is 179. The fourth-order valence-corrected chi connectivity index (χ4v) is 1.38. The molecular weight excluding hydrogens is 246 g/mol. The molecule has 0 saturated carbocycles. The first-order valence-corrected chi connectivity index (χ1v) is 7.32. The summed E-state index contributed by atoms with van der Waals surface area (Å²) in [6.45, 7) is 10.4. The number of hydrogen-bond donors (Lipinski definition) is 2. The van der Waals surface area contributed by atoms with Gasteiger partial charge >= 0.3 is 0 Å². The summed E-state index contributed by atoms with van der Waals surface area (Å²) in [6.07, 6.45) is 2.01. The molecule has 0 aliphatic rings. The molecule has 19 heavy (non-hydrogen) atoms. The average molecular weight is 277 g/mol. The standard InChI is InChI=1S/C14H31NO4/c1-4-5-7-17-9-10-18-12-14(16)11-15-6-8-19-13(2)3/h13-16H,4-12H2,1-3H3. The Morgan fingerprint density at radius 2 is 1.79 bits per heavy atom. The van der Waals surface area contributed by atoms with Gasteiger partial charge in [0.2, 0.25) is 0 Å². The van der Waals surface area contributed by atoms with Gasteiger partial charge < -0.3 is 24.6 Å². The molecule has 0 rings (SSSR count). The van der Waals surface area contributed by atoms with Crippen LogP contribution >= 0.6 is 0 Å². The molecule has 0 heterocycles. The number of aliphatic hydroxyl groups excluding tert-OH is 1. The Morgan fingerprint density at radius 1 is 1.05 bits per heavy atom. The van der Waals surface area contributed by atoms with Gasteiger partial charge in [0.05, 0.1) is 38.6 Å². The van der Waals surface area contributed by atoms with Gasteiger partial charge in [-0.2, -0.15) is 0 Å². The highest BCUT2D eigenvalue weighted by Gasteiger charge is 2.03. The minimum absolute atomic E-state index is 0.253. The van der Waals surface area contributed by atoms with Crippen LogP contribution in [0.4, 0.5) is 0 Å². The number of unbranched alkanes of at least 4 members (excludes halogenated alkanes) is 1. The first kappa shape index (κ1) is 18.8. The summed E-state index contributed by atoms with van der Waals surface area (Å²) in [6, 6.07) is 0. The lowest BCUT2D eigenvalue weighted by atomic mass is 10.4. The summed E-state index contributed by atoms with van der Waals surface area (Å²) in [5.41, 5.74) is 0. The average Bonchev–Trinajstić information content (AvgIpc) is 2.37. The monoisotopic (exact) mass is 277 g/mol. The molecule has 0 amide bonds. The predicted molar refractivity (Wildman–Crippen MR) is 76.5 cm³/mol. The second-order valence-electron chi connectivity index (χ2n) is 4.82. The van der Waals surface area contributed by atoms with Crippen LogP contribution in [0.5, 0.6) is 0 Å². The Hall–Kier alpha value is -0.200. The van der Waals surface area contributed by atoms with E-state index in [-0.39, 0.29) is 6.10 Å². The smallest absolute Gasteiger partial charge is 0.0897 e. The highest BCUT2D eigenvalue weighted by Crippen LogP contribution is 1.89. The summed E-state index contributed by atoms with van der Waals surface area (Å²) in [5, 5.41) is 12.8. The van der Waals surface area contributed by atoms with Crippen molar-refractivity contribution in [2.45, 2.75) is 45.8 Å². The number of hydrogen-bond acceptors (Lipinski definition) is 5. The Morgan fingerprint density at radius 3 is 2.47 bits per heavy atom. The van der Waals surface area contributed by atoms with Gasteiger partial charge in [0, 0.05) is 19.7 Å². The molecule has 0 aliphatic carbocycles. The van der Waals surface area contributed by atoms with Crippen molar-refractivity contribution in [3.63, 3.8) is 0 Å². The number of aliphatic hydroxyl groups is 1. The minimum atomic E-state index is -0.477. The minimum Gasteiger partial charge on any atom is -0.389 e. The van der Waals surface area contributed by atoms with Crippen LogP contribution in [0.3, 0.4) is 0 Å². The second kappa shape index (κ2) is 14.2. The third kappa shape index (κ3) is 15.7. The van der Waals surface area contributed by atoms with Crippen LogP contribution in [0, 0.1) is 0 Å². The van der Waals surface area contributed by atoms with E-state index in [1.165, 1.54) is 0 Å². The predicted octanol–water partition coefficient (Wildman–Crippen LogP) is 1.20. The Labute approximate surface area is 117 Å². The maximum atomic E-state index is 9.63. The van der Waals surface area contributed by atoms with E-state index < -0.39 is 6.10 Å². The van der Waals surface area contributed by atoms with Crippen molar-refractivity contribution >= 4 is 0 Å². The number of rotatable bonds is 14. The van der Waals surface area contributed by atoms with Crippen LogP contribution < -0.4 is 5.32 Å². The van der Waals surface area contributed by atoms with E-state index in [2.05, 4.69) is 12.2 Å². The molecule has 0 aliphatic heterocycles. The summed E-state index contributed by atoms with van der Waals surface area (Å²) < 4.78 is 16.1. The van der Waals surface area contributed by atoms with Crippen LogP contribution in [0.25, 0.3) is 0 Å². The quantitative estimate of drug-likeness (QED) is 0.467. The lowest BCUT2D eigenvalue weighted by Gasteiger charge is -2.13. The fraction of sp³-hybridized carbons (Fsp3) is 1.00. The molecule has 1 atom stereocenters. The van der Waals surface area contributed by atoms with Gasteiger partial charge in [-0.3, -0.25) is 0 Å². The number of ether oxygens (including phenoxy) is 3. The molecule has 5 heteroatoms. The molecule has 0 aromatic heterocycles. The molecule has 0 aromatic carbocycles. The normalized spacial score (nSPS) is 13.1. The zero-order valence-corrected chi connectivity index (χ0v) is 12.7. The van der Waals surface area contributed by atoms with E-state index in [1.807, 2.05) is 13.8 Å². The zero-order valence-electron chi connectivity index (χ0n) is 12.7. The lowest BCUT2D eigenvalue weighted by molar-refractivity contribution is 0.00305. The maximum Gasteiger partial charge on any atom is 0.0897 e. The molecule has 116 valence electrons. The van der Waals surface area contributed by atoms with Crippen LogP contribution in [0.15, 0.2) is 0 Å². The topological polar surface area (TPSA) is 60.0 Å². The second-order valence-corrected chi connectivity index (χ2v) is 4.82. The van der Waals surface area contributed by atoms with Crippen molar-refractivity contribution in [2.24, 2.45) is 0 Å². The zero-order chi connectivity index (χ0) is 14.3. The van der Waals surface area contributed by atoms with E-state index in [9.17, 15) is 5.11 Å². The van der Waals surface area contributed by atoms with Crippen LogP contribution in [-0.4, -0.2) is 63.4 Å². The van der Waals surface area contributed by atoms with Gasteiger partial charge in [0.15, 0.2) is 0 Å². The van der Waals surface area contributed by atoms with Crippen molar-refractivity contribution in [1.29, 1.82) is 0 Å². The van der Waals surface area contributed by atoms with Gasteiger partial charge in [0.25, 0.3) is 0 Å². The third-order valence-corrected chi connectivity index (χ3v) is 2.43. The number of nitrogens with one attached hydrogen (secondary N) is 1. The van der Waals surface area contributed by atoms with Crippen molar-refractivity contribution < 1.29 is 19.3 Å². The fourth-order valence-electron chi connectivity index (χ4n) is 1.38. The van der Waals surface area contributed by atoms with E-state index in [0.29, 0.717) is 33.0 Å². The van der Waals surface area contributed by atoms with Gasteiger partial charge in [0.1, 0.15) is 0 Å². The van der Waals surface area contributed by atoms with Crippen molar-refractivity contribution in [2.75, 3.05) is 46.1 Å². The molecule has 5 nitrogen and oxygen atoms in total. The highest BCUT2D eigenvalue weighted by molar-refractivity contribution is 4.58. The summed E-state index contributed by atoms with van der Waals surface area (Å²) in [4.78, 5) is 0. The molecular formula is C14H31NO4. The molecule has 2 N–H and O–H groups in total. The van der Waals surface area contributed by atoms with Crippen molar-refractivity contribution in [3.8, 4) is 0 Å². The van der Waals surface area contributed by atoms with E-state index in [4.69, 9.17) is 14.2 Å². The van der Waals surface area contributed by atoms with Gasteiger partial charge in [-0.25, -0.2) is 0 Å². The summed E-state index contributed by atoms with van der Waals surface area (Å²) in [5.74, 6) is 0. The van der Waals surface area contributed by atoms with E-state index in [1.54, 1.807) is 0 Å². The van der Waals surface area contributed by atoms with E-state index in [0.717, 1.165) is 26.0 Å². The molecule has 0 aromatic rings. The molecule has 0 radical (unpaired) electrons. The summed E-state index contributed by atoms with van der Waals surface area (Å²) >= 11 is 0. The lowest BCUT2D eigenvalue weighted by Crippen LogP contribution is -2.33. The van der Waals surface area contributed by atoms with Crippen molar-refractivity contribution in [1.82, 2.24) is 5.32 Å². The molecule has 0 fully saturated rings. The largest absolute Gasteiger partial charge is 0.389 e. The molecule has 0 saturated heterocycles. The first-order valence-electron chi connectivity index (χ1n) is 7.32. The first-order chi connectivity index (χ1) is 9.16. The SMILES string of the molecule is CCCCOCCOCC(O)CNCCOC(C)C. The van der Waals surface area contributed by atoms with Gasteiger partial charge in [-0.15, -0.1) is 0 Å². The van der Waals surface area contributed by atoms with Gasteiger partial charge in [-0.05, 0) is 20.3 Å². The van der Waals surface area contributed by atoms with E-state index >= 15 is 0 Å². The molecule has 0 spiro atoms. The van der Waals surface area contributed by atoms with Crippen LogP contribution in [-0.2, 0) is 14.2 Å². The van der Waals surface area contributed by atoms with Gasteiger partial charge in [-0.1, -0.05) is 13.3 Å². The molecule has 1 unspecified atom stereocenters. The summed E-state index contributed by atoms with van der Waals surface area (Å²) in [7, 11) is 0. The van der Waals surface area contributed by atoms with Crippen LogP contribution in [0.2, 0.25) is 0 Å². The maximum absolute atomic E-state index is 9.63. The Kier molecular flexibility index (Phi) is 14.1. The Balaban J connectivity index is 3.14. The van der Waals surface area contributed by atoms with Crippen LogP contribution in [0.1, 0.15) is 33.6 Å². The highest BCUT2D eigenvalue weighted by atomic mass is 16.5. The van der Waals surface area contributed by atoms with Crippen molar-refractivity contribution in [3.05, 3.63) is 0 Å². The third-order valence-electron chi connectivity index (χ3n) is 2.43. The molecule has 0 bridgehead atoms.